The number of fused-ring (bicyclic) bond motifs is 1. The van der Waals surface area contributed by atoms with Gasteiger partial charge in [-0.15, -0.1) is 10.2 Å². The van der Waals surface area contributed by atoms with Crippen molar-refractivity contribution in [2.75, 3.05) is 10.2 Å². The Hall–Kier alpha value is -5.23. The number of carbonyl (C=O) groups excluding carboxylic acids is 1. The third-order valence-electron chi connectivity index (χ3n) is 7.44. The Morgan fingerprint density at radius 3 is 2.54 bits per heavy atom. The van der Waals surface area contributed by atoms with Gasteiger partial charge in [-0.2, -0.15) is 23.7 Å². The number of aryl methyl sites for hydroxylation is 1. The summed E-state index contributed by atoms with van der Waals surface area (Å²) in [5.74, 6) is 0.430. The van der Waals surface area contributed by atoms with Crippen LogP contribution in [0.1, 0.15) is 46.3 Å². The second-order valence-corrected chi connectivity index (χ2v) is 10.2. The van der Waals surface area contributed by atoms with Gasteiger partial charge in [-0.25, -0.2) is 4.98 Å². The van der Waals surface area contributed by atoms with Crippen molar-refractivity contribution in [2.45, 2.75) is 37.5 Å². The zero-order chi connectivity index (χ0) is 28.9. The fraction of sp³-hybridized carbons (Fsp3) is 0.241. The third kappa shape index (κ3) is 4.63. The van der Waals surface area contributed by atoms with Crippen molar-refractivity contribution < 1.29 is 18.0 Å². The molecule has 0 radical (unpaired) electrons. The Morgan fingerprint density at radius 1 is 1.07 bits per heavy atom. The van der Waals surface area contributed by atoms with Gasteiger partial charge in [-0.3, -0.25) is 9.69 Å². The number of hydrogen-bond donors (Lipinski definition) is 1. The molecular formula is C29H21F3N8O. The van der Waals surface area contributed by atoms with Crippen LogP contribution in [0.3, 0.4) is 0 Å². The molecule has 0 saturated heterocycles. The molecule has 1 aliphatic carbocycles. The Balaban J connectivity index is 1.50. The van der Waals surface area contributed by atoms with Crippen LogP contribution < -0.4 is 10.2 Å². The molecule has 12 heteroatoms. The van der Waals surface area contributed by atoms with Crippen molar-refractivity contribution in [1.29, 1.82) is 10.5 Å². The number of nitrogens with zero attached hydrogens (tertiary/aromatic N) is 7. The number of pyridine rings is 1. The van der Waals surface area contributed by atoms with E-state index in [1.165, 1.54) is 23.4 Å². The van der Waals surface area contributed by atoms with E-state index in [1.807, 2.05) is 0 Å². The molecule has 1 N–H and O–H groups in total. The van der Waals surface area contributed by atoms with Gasteiger partial charge in [0, 0.05) is 18.2 Å². The van der Waals surface area contributed by atoms with Crippen LogP contribution in [0.4, 0.5) is 24.8 Å². The van der Waals surface area contributed by atoms with E-state index >= 15 is 0 Å². The minimum atomic E-state index is -4.62. The minimum Gasteiger partial charge on any atom is -0.364 e. The van der Waals surface area contributed by atoms with E-state index in [4.69, 9.17) is 0 Å². The van der Waals surface area contributed by atoms with Crippen molar-refractivity contribution in [1.82, 2.24) is 19.7 Å². The van der Waals surface area contributed by atoms with Crippen molar-refractivity contribution >= 4 is 17.5 Å². The molecule has 2 aromatic heterocycles. The van der Waals surface area contributed by atoms with Crippen LogP contribution in [0.25, 0.3) is 22.5 Å². The van der Waals surface area contributed by atoms with E-state index in [2.05, 4.69) is 32.6 Å². The highest BCUT2D eigenvalue weighted by molar-refractivity contribution is 6.10. The third-order valence-corrected chi connectivity index (χ3v) is 7.44. The minimum absolute atomic E-state index is 0.0252. The quantitative estimate of drug-likeness (QED) is 0.336. The molecule has 9 nitrogen and oxygen atoms in total. The van der Waals surface area contributed by atoms with Crippen molar-refractivity contribution in [3.05, 3.63) is 77.1 Å². The largest absolute Gasteiger partial charge is 0.416 e. The van der Waals surface area contributed by atoms with Crippen molar-refractivity contribution in [2.24, 2.45) is 7.05 Å². The maximum atomic E-state index is 13.8. The Kier molecular flexibility index (Phi) is 6.00. The van der Waals surface area contributed by atoms with Crippen LogP contribution in [0, 0.1) is 22.7 Å². The first kappa shape index (κ1) is 26.0. The van der Waals surface area contributed by atoms with E-state index in [0.717, 1.165) is 18.9 Å². The van der Waals surface area contributed by atoms with Gasteiger partial charge in [0.15, 0.2) is 5.82 Å². The summed E-state index contributed by atoms with van der Waals surface area (Å²) in [6.45, 7) is -0.299. The van der Waals surface area contributed by atoms with Gasteiger partial charge < -0.3 is 9.88 Å². The van der Waals surface area contributed by atoms with Crippen LogP contribution in [-0.4, -0.2) is 31.2 Å². The lowest BCUT2D eigenvalue weighted by atomic mass is 9.97. The van der Waals surface area contributed by atoms with E-state index in [0.29, 0.717) is 33.9 Å². The molecule has 6 rings (SSSR count). The first-order valence-corrected chi connectivity index (χ1v) is 12.7. The number of aromatic nitrogens is 4. The monoisotopic (exact) mass is 554 g/mol. The highest BCUT2D eigenvalue weighted by atomic mass is 19.4. The molecule has 0 unspecified atom stereocenters. The topological polar surface area (TPSA) is 124 Å². The van der Waals surface area contributed by atoms with Crippen LogP contribution in [0.15, 0.2) is 54.9 Å². The number of alkyl halides is 3. The zero-order valence-corrected chi connectivity index (χ0v) is 21.7. The predicted octanol–water partition coefficient (Wildman–Crippen LogP) is 5.45. The summed E-state index contributed by atoms with van der Waals surface area (Å²) in [7, 11) is 1.76. The van der Waals surface area contributed by atoms with Crippen molar-refractivity contribution in [3.8, 4) is 34.7 Å². The van der Waals surface area contributed by atoms with Gasteiger partial charge in [0.05, 0.1) is 41.8 Å². The summed E-state index contributed by atoms with van der Waals surface area (Å²) in [5, 5.41) is 30.3. The van der Waals surface area contributed by atoms with Crippen LogP contribution in [0.2, 0.25) is 0 Å². The molecule has 1 aliphatic heterocycles. The smallest absolute Gasteiger partial charge is 0.364 e. The molecule has 2 aromatic carbocycles. The Morgan fingerprint density at radius 2 is 1.88 bits per heavy atom. The fourth-order valence-electron chi connectivity index (χ4n) is 5.15. The number of anilines is 2. The van der Waals surface area contributed by atoms with E-state index in [9.17, 15) is 28.5 Å². The molecule has 3 heterocycles. The Labute approximate surface area is 232 Å². The van der Waals surface area contributed by atoms with Crippen molar-refractivity contribution in [3.63, 3.8) is 0 Å². The highest BCUT2D eigenvalue weighted by Gasteiger charge is 2.43. The average molecular weight is 555 g/mol. The molecule has 4 aromatic rings. The normalized spacial score (nSPS) is 15.3. The van der Waals surface area contributed by atoms with E-state index in [1.54, 1.807) is 41.9 Å². The molecule has 204 valence electrons. The second kappa shape index (κ2) is 9.45. The summed E-state index contributed by atoms with van der Waals surface area (Å²) in [5.41, 5.74) is 0.787. The maximum absolute atomic E-state index is 13.8. The molecule has 1 saturated carbocycles. The van der Waals surface area contributed by atoms with Gasteiger partial charge in [0.25, 0.3) is 5.91 Å². The zero-order valence-electron chi connectivity index (χ0n) is 21.7. The number of carbonyl (C=O) groups is 1. The van der Waals surface area contributed by atoms with Gasteiger partial charge in [0.2, 0.25) is 0 Å². The van der Waals surface area contributed by atoms with Gasteiger partial charge in [0.1, 0.15) is 18.0 Å². The molecule has 0 spiro atoms. The van der Waals surface area contributed by atoms with Crippen LogP contribution >= 0.6 is 0 Å². The second-order valence-electron chi connectivity index (χ2n) is 10.2. The SMILES string of the molecule is Cn1cnnc1-c1cc(C#N)ccc1-c1cc(NC2(CC#N)CC2)nc(N2Cc3c(cccc3C(F)(F)F)C2=O)c1. The number of hydrogen-bond acceptors (Lipinski definition) is 7. The molecule has 0 bridgehead atoms. The Bertz CT molecular complexity index is 1790. The van der Waals surface area contributed by atoms with Crippen LogP contribution in [0.5, 0.6) is 0 Å². The van der Waals surface area contributed by atoms with Gasteiger partial charge in [-0.1, -0.05) is 12.1 Å². The summed E-state index contributed by atoms with van der Waals surface area (Å²) in [4.78, 5) is 19.3. The lowest BCUT2D eigenvalue weighted by Crippen LogP contribution is -2.26. The first-order valence-electron chi connectivity index (χ1n) is 12.7. The number of halogens is 3. The van der Waals surface area contributed by atoms with Crippen LogP contribution in [-0.2, 0) is 19.8 Å². The molecule has 2 aliphatic rings. The summed E-state index contributed by atoms with van der Waals surface area (Å²) in [6, 6.07) is 16.3. The molecule has 0 atom stereocenters. The standard InChI is InChI=1S/C29H21F3N8O/c1-39-16-35-38-26(39)21-11-17(14-34)5-6-19(21)18-12-24(37-28(7-8-28)9-10-33)36-25(13-18)40-15-22-20(27(40)41)3-2-4-23(22)29(30,31)32/h2-6,11-13,16H,7-9,15H2,1H3,(H,36,37). The molecule has 1 amide bonds. The van der Waals surface area contributed by atoms with Gasteiger partial charge in [-0.05, 0) is 65.9 Å². The van der Waals surface area contributed by atoms with E-state index < -0.39 is 23.2 Å². The molecular weight excluding hydrogens is 533 g/mol. The number of nitriles is 2. The summed E-state index contributed by atoms with van der Waals surface area (Å²) in [6.07, 6.45) is -1.33. The molecule has 1 fully saturated rings. The lowest BCUT2D eigenvalue weighted by molar-refractivity contribution is -0.138. The number of benzene rings is 2. The lowest BCUT2D eigenvalue weighted by Gasteiger charge is -2.21. The van der Waals surface area contributed by atoms with E-state index in [-0.39, 0.29) is 29.9 Å². The maximum Gasteiger partial charge on any atom is 0.416 e. The first-order chi connectivity index (χ1) is 19.6. The predicted molar refractivity (Wildman–Crippen MR) is 142 cm³/mol. The number of nitrogens with one attached hydrogen (secondary N) is 1. The summed E-state index contributed by atoms with van der Waals surface area (Å²) >= 11 is 0. The highest BCUT2D eigenvalue weighted by Crippen LogP contribution is 2.44. The molecule has 41 heavy (non-hydrogen) atoms. The average Bonchev–Trinajstić information content (AvgIpc) is 3.41. The van der Waals surface area contributed by atoms with Gasteiger partial charge >= 0.3 is 6.18 Å². The summed E-state index contributed by atoms with van der Waals surface area (Å²) < 4.78 is 43.0. The number of amides is 1. The number of rotatable bonds is 6. The fourth-order valence-corrected chi connectivity index (χ4v) is 5.15.